The fraction of sp³-hybridized carbons (Fsp3) is 0.333. The lowest BCUT2D eigenvalue weighted by Crippen LogP contribution is -2.50. The maximum absolute atomic E-state index is 12.9. The van der Waals surface area contributed by atoms with Gasteiger partial charge in [0.2, 0.25) is 15.9 Å². The Kier molecular flexibility index (Phi) is 7.27. The quantitative estimate of drug-likeness (QED) is 0.615. The number of sulfonamides is 1. The van der Waals surface area contributed by atoms with Crippen molar-refractivity contribution < 1.29 is 23.1 Å². The fourth-order valence-electron chi connectivity index (χ4n) is 3.47. The molecule has 3 rings (SSSR count). The predicted octanol–water partition coefficient (Wildman–Crippen LogP) is 2.66. The molecule has 1 heterocycles. The average Bonchev–Trinajstić information content (AvgIpc) is 2.74. The Morgan fingerprint density at radius 2 is 1.80 bits per heavy atom. The molecule has 1 aliphatic rings. The van der Waals surface area contributed by atoms with Gasteiger partial charge in [-0.3, -0.25) is 4.79 Å². The summed E-state index contributed by atoms with van der Waals surface area (Å²) in [7, 11) is -3.72. The van der Waals surface area contributed by atoms with E-state index in [4.69, 9.17) is 0 Å². The number of hydrogen-bond acceptors (Lipinski definition) is 4. The van der Waals surface area contributed by atoms with Crippen molar-refractivity contribution >= 4 is 37.8 Å². The number of aliphatic carboxylic acids is 1. The van der Waals surface area contributed by atoms with Crippen molar-refractivity contribution in [2.75, 3.05) is 13.1 Å². The zero-order chi connectivity index (χ0) is 21.7. The number of carbonyl (C=O) groups is 2. The van der Waals surface area contributed by atoms with Gasteiger partial charge in [0.15, 0.2) is 0 Å². The van der Waals surface area contributed by atoms with Crippen LogP contribution in [-0.4, -0.2) is 48.8 Å². The minimum absolute atomic E-state index is 0.0297. The van der Waals surface area contributed by atoms with E-state index in [0.717, 1.165) is 10.0 Å². The van der Waals surface area contributed by atoms with E-state index >= 15 is 0 Å². The molecule has 0 saturated carbocycles. The van der Waals surface area contributed by atoms with Gasteiger partial charge in [0, 0.05) is 24.0 Å². The number of rotatable bonds is 7. The van der Waals surface area contributed by atoms with Gasteiger partial charge in [-0.25, -0.2) is 13.2 Å². The number of benzene rings is 2. The molecule has 0 spiro atoms. The van der Waals surface area contributed by atoms with E-state index in [9.17, 15) is 23.1 Å². The summed E-state index contributed by atoms with van der Waals surface area (Å²) < 4.78 is 27.9. The number of carboxylic acids is 1. The summed E-state index contributed by atoms with van der Waals surface area (Å²) in [5.74, 6) is -2.15. The van der Waals surface area contributed by atoms with E-state index in [1.807, 2.05) is 18.2 Å². The molecule has 0 bridgehead atoms. The Balaban J connectivity index is 1.68. The molecular formula is C21H23BrN2O5S. The molecule has 2 aromatic rings. The standard InChI is InChI=1S/C21H23BrN2O5S/c22-17-8-10-18(11-9-17)30(28,29)24-12-4-7-16(14-24)20(25)23-19(21(26)27)13-15-5-2-1-3-6-15/h1-3,5-6,8-11,16,19H,4,7,12-14H2,(H,23,25)(H,26,27)/t16?,19-/m1/s1. The smallest absolute Gasteiger partial charge is 0.326 e. The SMILES string of the molecule is O=C(N[C@H](Cc1ccccc1)C(=O)O)C1CCCN(S(=O)(=O)c2ccc(Br)cc2)C1. The van der Waals surface area contributed by atoms with Gasteiger partial charge in [-0.2, -0.15) is 4.31 Å². The minimum Gasteiger partial charge on any atom is -0.480 e. The molecule has 1 amide bonds. The number of carbonyl (C=O) groups excluding carboxylic acids is 1. The topological polar surface area (TPSA) is 104 Å². The molecule has 0 aliphatic carbocycles. The lowest BCUT2D eigenvalue weighted by molar-refractivity contribution is -0.142. The van der Waals surface area contributed by atoms with Crippen molar-refractivity contribution in [1.82, 2.24) is 9.62 Å². The second-order valence-electron chi connectivity index (χ2n) is 7.25. The highest BCUT2D eigenvalue weighted by Gasteiger charge is 2.34. The van der Waals surface area contributed by atoms with Crippen LogP contribution in [0.25, 0.3) is 0 Å². The third-order valence-corrected chi connectivity index (χ3v) is 7.51. The van der Waals surface area contributed by atoms with Crippen LogP contribution in [0, 0.1) is 5.92 Å². The summed E-state index contributed by atoms with van der Waals surface area (Å²) in [6, 6.07) is 14.3. The van der Waals surface area contributed by atoms with Crippen molar-refractivity contribution in [3.8, 4) is 0 Å². The van der Waals surface area contributed by atoms with Gasteiger partial charge in [-0.1, -0.05) is 46.3 Å². The minimum atomic E-state index is -3.72. The zero-order valence-corrected chi connectivity index (χ0v) is 18.6. The number of nitrogens with one attached hydrogen (secondary N) is 1. The van der Waals surface area contributed by atoms with Crippen LogP contribution in [0.3, 0.4) is 0 Å². The molecule has 1 saturated heterocycles. The van der Waals surface area contributed by atoms with E-state index in [1.54, 1.807) is 24.3 Å². The fourth-order valence-corrected chi connectivity index (χ4v) is 5.26. The van der Waals surface area contributed by atoms with Gasteiger partial charge in [0.05, 0.1) is 10.8 Å². The van der Waals surface area contributed by atoms with Crippen molar-refractivity contribution in [1.29, 1.82) is 0 Å². The lowest BCUT2D eigenvalue weighted by atomic mass is 9.97. The maximum atomic E-state index is 12.9. The average molecular weight is 495 g/mol. The van der Waals surface area contributed by atoms with Gasteiger partial charge in [0.1, 0.15) is 6.04 Å². The van der Waals surface area contributed by atoms with Crippen LogP contribution >= 0.6 is 15.9 Å². The third kappa shape index (κ3) is 5.47. The van der Waals surface area contributed by atoms with Gasteiger partial charge < -0.3 is 10.4 Å². The zero-order valence-electron chi connectivity index (χ0n) is 16.2. The Morgan fingerprint density at radius 3 is 2.43 bits per heavy atom. The van der Waals surface area contributed by atoms with Gasteiger partial charge >= 0.3 is 5.97 Å². The van der Waals surface area contributed by atoms with Crippen LogP contribution in [0.1, 0.15) is 18.4 Å². The molecule has 1 aliphatic heterocycles. The van der Waals surface area contributed by atoms with E-state index < -0.39 is 33.9 Å². The van der Waals surface area contributed by atoms with Crippen LogP contribution in [0.5, 0.6) is 0 Å². The van der Waals surface area contributed by atoms with Crippen molar-refractivity contribution in [2.24, 2.45) is 5.92 Å². The number of nitrogens with zero attached hydrogens (tertiary/aromatic N) is 1. The highest BCUT2D eigenvalue weighted by atomic mass is 79.9. The van der Waals surface area contributed by atoms with E-state index in [0.29, 0.717) is 19.4 Å². The Labute approximate surface area is 184 Å². The van der Waals surface area contributed by atoms with Crippen LogP contribution in [-0.2, 0) is 26.0 Å². The number of halogens is 1. The molecular weight excluding hydrogens is 472 g/mol. The van der Waals surface area contributed by atoms with E-state index in [1.165, 1.54) is 16.4 Å². The van der Waals surface area contributed by atoms with Crippen LogP contribution < -0.4 is 5.32 Å². The number of carboxylic acid groups (broad SMARTS) is 1. The number of hydrogen-bond donors (Lipinski definition) is 2. The van der Waals surface area contributed by atoms with Gasteiger partial charge in [-0.15, -0.1) is 0 Å². The highest BCUT2D eigenvalue weighted by molar-refractivity contribution is 9.10. The van der Waals surface area contributed by atoms with Crippen molar-refractivity contribution in [3.63, 3.8) is 0 Å². The molecule has 160 valence electrons. The molecule has 7 nitrogen and oxygen atoms in total. The first-order valence-electron chi connectivity index (χ1n) is 9.60. The van der Waals surface area contributed by atoms with E-state index in [-0.39, 0.29) is 17.9 Å². The summed E-state index contributed by atoms with van der Waals surface area (Å²) in [5.41, 5.74) is 0.799. The Bertz CT molecular complexity index is 996. The first-order chi connectivity index (χ1) is 14.3. The summed E-state index contributed by atoms with van der Waals surface area (Å²) in [5, 5.41) is 12.1. The monoisotopic (exact) mass is 494 g/mol. The van der Waals surface area contributed by atoms with Crippen LogP contribution in [0.15, 0.2) is 64.0 Å². The normalized spacial score (nSPS) is 18.5. The molecule has 2 aromatic carbocycles. The molecule has 1 unspecified atom stereocenters. The molecule has 30 heavy (non-hydrogen) atoms. The van der Waals surface area contributed by atoms with Crippen molar-refractivity contribution in [2.45, 2.75) is 30.2 Å². The lowest BCUT2D eigenvalue weighted by Gasteiger charge is -2.31. The highest BCUT2D eigenvalue weighted by Crippen LogP contribution is 2.25. The Morgan fingerprint density at radius 1 is 1.13 bits per heavy atom. The van der Waals surface area contributed by atoms with Gasteiger partial charge in [0.25, 0.3) is 0 Å². The molecule has 9 heteroatoms. The van der Waals surface area contributed by atoms with Crippen LogP contribution in [0.2, 0.25) is 0 Å². The summed E-state index contributed by atoms with van der Waals surface area (Å²) in [4.78, 5) is 24.6. The second kappa shape index (κ2) is 9.72. The summed E-state index contributed by atoms with van der Waals surface area (Å²) in [6.07, 6.45) is 1.20. The summed E-state index contributed by atoms with van der Waals surface area (Å²) >= 11 is 3.29. The largest absolute Gasteiger partial charge is 0.480 e. The maximum Gasteiger partial charge on any atom is 0.326 e. The number of piperidine rings is 1. The predicted molar refractivity (Wildman–Crippen MR) is 115 cm³/mol. The molecule has 1 fully saturated rings. The Hall–Kier alpha value is -2.23. The van der Waals surface area contributed by atoms with E-state index in [2.05, 4.69) is 21.2 Å². The third-order valence-electron chi connectivity index (χ3n) is 5.10. The van der Waals surface area contributed by atoms with Crippen LogP contribution in [0.4, 0.5) is 0 Å². The molecule has 0 radical (unpaired) electrons. The first-order valence-corrected chi connectivity index (χ1v) is 11.8. The first kappa shape index (κ1) is 22.5. The van der Waals surface area contributed by atoms with Crippen molar-refractivity contribution in [3.05, 3.63) is 64.6 Å². The second-order valence-corrected chi connectivity index (χ2v) is 10.1. The molecule has 2 atom stereocenters. The summed E-state index contributed by atoms with van der Waals surface area (Å²) in [6.45, 7) is 0.358. The molecule has 0 aromatic heterocycles. The van der Waals surface area contributed by atoms with Gasteiger partial charge in [-0.05, 0) is 42.7 Å². The number of amides is 1. The molecule has 2 N–H and O–H groups in total.